The Morgan fingerprint density at radius 2 is 2.33 bits per heavy atom. The summed E-state index contributed by atoms with van der Waals surface area (Å²) in [6.45, 7) is 4.16. The monoisotopic (exact) mass is 247 g/mol. The molecular weight excluding hydrogens is 230 g/mol. The van der Waals surface area contributed by atoms with Crippen molar-refractivity contribution in [2.45, 2.75) is 18.9 Å². The molecule has 96 valence electrons. The molecule has 1 aromatic carbocycles. The molecule has 1 aliphatic rings. The fourth-order valence-corrected chi connectivity index (χ4v) is 1.89. The molecule has 1 fully saturated rings. The standard InChI is InChI=1S/C14H17NO3/c1-3-8-15(10-4-5-10)14(17)12-9-11(18-2)6-7-13(12)16/h3,6-7,9-10,16H,1,4-5,8H2,2H3. The van der Waals surface area contributed by atoms with Gasteiger partial charge in [0.05, 0.1) is 12.7 Å². The van der Waals surface area contributed by atoms with E-state index in [-0.39, 0.29) is 23.3 Å². The third-order valence-electron chi connectivity index (χ3n) is 3.01. The molecule has 1 amide bonds. The highest BCUT2D eigenvalue weighted by Crippen LogP contribution is 2.31. The number of hydrogen-bond donors (Lipinski definition) is 1. The zero-order valence-corrected chi connectivity index (χ0v) is 10.4. The van der Waals surface area contributed by atoms with E-state index in [0.29, 0.717) is 12.3 Å². The third kappa shape index (κ3) is 2.47. The quantitative estimate of drug-likeness (QED) is 0.811. The first-order valence-corrected chi connectivity index (χ1v) is 5.96. The Kier molecular flexibility index (Phi) is 3.55. The van der Waals surface area contributed by atoms with Crippen molar-refractivity contribution in [1.82, 2.24) is 4.90 Å². The first-order chi connectivity index (χ1) is 8.67. The maximum Gasteiger partial charge on any atom is 0.258 e. The number of ether oxygens (including phenoxy) is 1. The van der Waals surface area contributed by atoms with Gasteiger partial charge < -0.3 is 14.7 Å². The SMILES string of the molecule is C=CCN(C(=O)c1cc(OC)ccc1O)C1CC1. The summed E-state index contributed by atoms with van der Waals surface area (Å²) >= 11 is 0. The second kappa shape index (κ2) is 5.12. The van der Waals surface area contributed by atoms with Crippen molar-refractivity contribution >= 4 is 5.91 Å². The molecule has 2 rings (SSSR count). The lowest BCUT2D eigenvalue weighted by atomic mass is 10.1. The van der Waals surface area contributed by atoms with Crippen LogP contribution in [0.15, 0.2) is 30.9 Å². The number of carbonyl (C=O) groups is 1. The molecule has 4 heteroatoms. The predicted octanol–water partition coefficient (Wildman–Crippen LogP) is 2.19. The van der Waals surface area contributed by atoms with Crippen LogP contribution in [0.1, 0.15) is 23.2 Å². The minimum absolute atomic E-state index is 0.0180. The Morgan fingerprint density at radius 3 is 2.89 bits per heavy atom. The maximum absolute atomic E-state index is 12.4. The summed E-state index contributed by atoms with van der Waals surface area (Å²) < 4.78 is 5.07. The summed E-state index contributed by atoms with van der Waals surface area (Å²) in [5.41, 5.74) is 0.281. The van der Waals surface area contributed by atoms with Crippen molar-refractivity contribution in [2.75, 3.05) is 13.7 Å². The van der Waals surface area contributed by atoms with E-state index in [1.54, 1.807) is 23.1 Å². The molecular formula is C14H17NO3. The number of hydrogen-bond acceptors (Lipinski definition) is 3. The van der Waals surface area contributed by atoms with E-state index in [1.165, 1.54) is 13.2 Å². The number of phenolic OH excluding ortho intramolecular Hbond substituents is 1. The van der Waals surface area contributed by atoms with Crippen LogP contribution in [0.25, 0.3) is 0 Å². The van der Waals surface area contributed by atoms with Crippen molar-refractivity contribution in [1.29, 1.82) is 0 Å². The average molecular weight is 247 g/mol. The molecule has 1 aliphatic carbocycles. The molecule has 1 N–H and O–H groups in total. The molecule has 0 aliphatic heterocycles. The van der Waals surface area contributed by atoms with Crippen LogP contribution in [0.4, 0.5) is 0 Å². The molecule has 18 heavy (non-hydrogen) atoms. The lowest BCUT2D eigenvalue weighted by Crippen LogP contribution is -2.33. The molecule has 0 spiro atoms. The van der Waals surface area contributed by atoms with Gasteiger partial charge in [0.15, 0.2) is 0 Å². The highest BCUT2D eigenvalue weighted by molar-refractivity contribution is 5.97. The molecule has 0 atom stereocenters. The number of benzene rings is 1. The Morgan fingerprint density at radius 1 is 1.61 bits per heavy atom. The van der Waals surface area contributed by atoms with Gasteiger partial charge in [-0.3, -0.25) is 4.79 Å². The van der Waals surface area contributed by atoms with Crippen LogP contribution < -0.4 is 4.74 Å². The smallest absolute Gasteiger partial charge is 0.258 e. The summed E-state index contributed by atoms with van der Waals surface area (Å²) in [7, 11) is 1.53. The van der Waals surface area contributed by atoms with Gasteiger partial charge in [0.25, 0.3) is 5.91 Å². The van der Waals surface area contributed by atoms with Crippen LogP contribution in [0.5, 0.6) is 11.5 Å². The first-order valence-electron chi connectivity index (χ1n) is 5.96. The number of rotatable bonds is 5. The van der Waals surface area contributed by atoms with E-state index >= 15 is 0 Å². The maximum atomic E-state index is 12.4. The van der Waals surface area contributed by atoms with Gasteiger partial charge in [-0.1, -0.05) is 6.08 Å². The van der Waals surface area contributed by atoms with E-state index in [9.17, 15) is 9.90 Å². The number of nitrogens with zero attached hydrogens (tertiary/aromatic N) is 1. The van der Waals surface area contributed by atoms with Gasteiger partial charge >= 0.3 is 0 Å². The molecule has 0 heterocycles. The summed E-state index contributed by atoms with van der Waals surface area (Å²) in [6.07, 6.45) is 3.74. The lowest BCUT2D eigenvalue weighted by molar-refractivity contribution is 0.0759. The molecule has 1 aromatic rings. The number of amides is 1. The summed E-state index contributed by atoms with van der Waals surface area (Å²) in [5, 5.41) is 9.79. The normalized spacial score (nSPS) is 14.1. The van der Waals surface area contributed by atoms with Crippen LogP contribution in [-0.2, 0) is 0 Å². The van der Waals surface area contributed by atoms with Crippen molar-refractivity contribution in [3.05, 3.63) is 36.4 Å². The summed E-state index contributed by atoms with van der Waals surface area (Å²) in [6, 6.07) is 4.95. The van der Waals surface area contributed by atoms with Crippen LogP contribution in [-0.4, -0.2) is 35.6 Å². The molecule has 0 radical (unpaired) electrons. The van der Waals surface area contributed by atoms with E-state index in [2.05, 4.69) is 6.58 Å². The molecule has 0 bridgehead atoms. The Hall–Kier alpha value is -1.97. The van der Waals surface area contributed by atoms with Gasteiger partial charge in [-0.2, -0.15) is 0 Å². The van der Waals surface area contributed by atoms with Crippen molar-refractivity contribution in [2.24, 2.45) is 0 Å². The minimum Gasteiger partial charge on any atom is -0.507 e. The van der Waals surface area contributed by atoms with E-state index < -0.39 is 0 Å². The molecule has 4 nitrogen and oxygen atoms in total. The number of phenols is 1. The van der Waals surface area contributed by atoms with Crippen LogP contribution in [0, 0.1) is 0 Å². The summed E-state index contributed by atoms with van der Waals surface area (Å²) in [5.74, 6) is 0.370. The predicted molar refractivity (Wildman–Crippen MR) is 68.9 cm³/mol. The highest BCUT2D eigenvalue weighted by Gasteiger charge is 2.33. The highest BCUT2D eigenvalue weighted by atomic mass is 16.5. The van der Waals surface area contributed by atoms with Crippen molar-refractivity contribution < 1.29 is 14.6 Å². The Bertz CT molecular complexity index is 466. The van der Waals surface area contributed by atoms with Gasteiger partial charge in [-0.05, 0) is 31.0 Å². The number of aromatic hydroxyl groups is 1. The van der Waals surface area contributed by atoms with Gasteiger partial charge in [0.1, 0.15) is 11.5 Å². The van der Waals surface area contributed by atoms with Crippen molar-refractivity contribution in [3.63, 3.8) is 0 Å². The fourth-order valence-electron chi connectivity index (χ4n) is 1.89. The minimum atomic E-state index is -0.172. The van der Waals surface area contributed by atoms with Crippen LogP contribution in [0.2, 0.25) is 0 Å². The van der Waals surface area contributed by atoms with Gasteiger partial charge in [0, 0.05) is 12.6 Å². The Balaban J connectivity index is 2.28. The van der Waals surface area contributed by atoms with Crippen molar-refractivity contribution in [3.8, 4) is 11.5 Å². The molecule has 0 aromatic heterocycles. The molecule has 0 saturated heterocycles. The fraction of sp³-hybridized carbons (Fsp3) is 0.357. The zero-order valence-electron chi connectivity index (χ0n) is 10.4. The Labute approximate surface area is 106 Å². The first kappa shape index (κ1) is 12.5. The lowest BCUT2D eigenvalue weighted by Gasteiger charge is -2.21. The van der Waals surface area contributed by atoms with Gasteiger partial charge in [0.2, 0.25) is 0 Å². The molecule has 0 unspecified atom stereocenters. The zero-order chi connectivity index (χ0) is 13.1. The van der Waals surface area contributed by atoms with E-state index in [0.717, 1.165) is 12.8 Å². The van der Waals surface area contributed by atoms with E-state index in [4.69, 9.17) is 4.74 Å². The van der Waals surface area contributed by atoms with Crippen LogP contribution >= 0.6 is 0 Å². The average Bonchev–Trinajstić information content (AvgIpc) is 3.20. The van der Waals surface area contributed by atoms with Crippen LogP contribution in [0.3, 0.4) is 0 Å². The largest absolute Gasteiger partial charge is 0.507 e. The number of carbonyl (C=O) groups excluding carboxylic acids is 1. The molecule has 1 saturated carbocycles. The van der Waals surface area contributed by atoms with E-state index in [1.807, 2.05) is 0 Å². The number of methoxy groups -OCH3 is 1. The second-order valence-electron chi connectivity index (χ2n) is 4.36. The third-order valence-corrected chi connectivity index (χ3v) is 3.01. The van der Waals surface area contributed by atoms with Gasteiger partial charge in [-0.25, -0.2) is 0 Å². The summed E-state index contributed by atoms with van der Waals surface area (Å²) in [4.78, 5) is 14.1. The van der Waals surface area contributed by atoms with Gasteiger partial charge in [-0.15, -0.1) is 6.58 Å². The topological polar surface area (TPSA) is 49.8 Å². The second-order valence-corrected chi connectivity index (χ2v) is 4.36.